The summed E-state index contributed by atoms with van der Waals surface area (Å²) in [4.78, 5) is 16.2. The van der Waals surface area contributed by atoms with E-state index in [0.717, 1.165) is 15.7 Å². The maximum atomic E-state index is 12.4. The van der Waals surface area contributed by atoms with Crippen molar-refractivity contribution in [3.63, 3.8) is 0 Å². The molecule has 0 N–H and O–H groups in total. The molecule has 0 aliphatic carbocycles. The molecule has 0 radical (unpaired) electrons. The van der Waals surface area contributed by atoms with Crippen LogP contribution in [0.25, 0.3) is 0 Å². The summed E-state index contributed by atoms with van der Waals surface area (Å²) < 4.78 is 1.02. The first-order valence-electron chi connectivity index (χ1n) is 6.75. The first-order valence-corrected chi connectivity index (χ1v) is 7.54. The molecular formula is C17H19BrN2O. The van der Waals surface area contributed by atoms with Crippen LogP contribution in [0.15, 0.2) is 53.0 Å². The number of carbonyl (C=O) groups is 1. The van der Waals surface area contributed by atoms with Crippen molar-refractivity contribution in [3.05, 3.63) is 64.1 Å². The average molecular weight is 347 g/mol. The van der Waals surface area contributed by atoms with Gasteiger partial charge in [0.25, 0.3) is 5.91 Å². The summed E-state index contributed by atoms with van der Waals surface area (Å²) in [6.07, 6.45) is 0. The van der Waals surface area contributed by atoms with E-state index in [4.69, 9.17) is 0 Å². The minimum atomic E-state index is 0.0241. The van der Waals surface area contributed by atoms with Gasteiger partial charge in [0.1, 0.15) is 0 Å². The Balaban J connectivity index is 2.10. The summed E-state index contributed by atoms with van der Waals surface area (Å²) in [5, 5.41) is 0. The lowest BCUT2D eigenvalue weighted by Crippen LogP contribution is -2.26. The Morgan fingerprint density at radius 2 is 1.62 bits per heavy atom. The third-order valence-corrected chi connectivity index (χ3v) is 4.12. The molecule has 2 aromatic rings. The van der Waals surface area contributed by atoms with Crippen molar-refractivity contribution in [2.75, 3.05) is 26.0 Å². The van der Waals surface area contributed by atoms with E-state index in [1.54, 1.807) is 4.90 Å². The zero-order valence-corrected chi connectivity index (χ0v) is 14.1. The summed E-state index contributed by atoms with van der Waals surface area (Å²) in [7, 11) is 5.79. The van der Waals surface area contributed by atoms with Gasteiger partial charge in [0.2, 0.25) is 0 Å². The smallest absolute Gasteiger partial charge is 0.253 e. The van der Waals surface area contributed by atoms with Gasteiger partial charge < -0.3 is 9.80 Å². The number of hydrogen-bond acceptors (Lipinski definition) is 2. The number of carbonyl (C=O) groups excluding carboxylic acids is 1. The fraction of sp³-hybridized carbons (Fsp3) is 0.235. The van der Waals surface area contributed by atoms with E-state index in [0.29, 0.717) is 12.1 Å². The highest BCUT2D eigenvalue weighted by molar-refractivity contribution is 9.10. The van der Waals surface area contributed by atoms with Gasteiger partial charge in [-0.15, -0.1) is 0 Å². The van der Waals surface area contributed by atoms with Crippen LogP contribution in [0, 0.1) is 0 Å². The maximum Gasteiger partial charge on any atom is 0.253 e. The van der Waals surface area contributed by atoms with Crippen LogP contribution in [0.5, 0.6) is 0 Å². The molecule has 0 atom stereocenters. The van der Waals surface area contributed by atoms with Crippen LogP contribution >= 0.6 is 15.9 Å². The minimum absolute atomic E-state index is 0.0241. The fourth-order valence-corrected chi connectivity index (χ4v) is 2.49. The molecule has 0 spiro atoms. The molecule has 21 heavy (non-hydrogen) atoms. The van der Waals surface area contributed by atoms with Crippen molar-refractivity contribution in [3.8, 4) is 0 Å². The number of hydrogen-bond donors (Lipinski definition) is 0. The minimum Gasteiger partial charge on any atom is -0.378 e. The SMILES string of the molecule is CN(Cc1ccccc1Br)C(=O)c1ccc(N(C)C)cc1. The van der Waals surface area contributed by atoms with Crippen LogP contribution in [0.4, 0.5) is 5.69 Å². The van der Waals surface area contributed by atoms with Crippen molar-refractivity contribution in [1.82, 2.24) is 4.90 Å². The van der Waals surface area contributed by atoms with Gasteiger partial charge in [-0.25, -0.2) is 0 Å². The molecule has 110 valence electrons. The number of amides is 1. The second-order valence-electron chi connectivity index (χ2n) is 5.19. The van der Waals surface area contributed by atoms with E-state index in [9.17, 15) is 4.79 Å². The Labute approximate surface area is 134 Å². The number of halogens is 1. The molecule has 0 saturated carbocycles. The summed E-state index contributed by atoms with van der Waals surface area (Å²) in [5.74, 6) is 0.0241. The van der Waals surface area contributed by atoms with Crippen molar-refractivity contribution >= 4 is 27.5 Å². The summed E-state index contributed by atoms with van der Waals surface area (Å²) in [6, 6.07) is 15.6. The molecule has 0 unspecified atom stereocenters. The van der Waals surface area contributed by atoms with Crippen LogP contribution in [0.3, 0.4) is 0 Å². The summed E-state index contributed by atoms with van der Waals surface area (Å²) >= 11 is 3.51. The van der Waals surface area contributed by atoms with E-state index in [2.05, 4.69) is 15.9 Å². The maximum absolute atomic E-state index is 12.4. The van der Waals surface area contributed by atoms with Crippen LogP contribution in [0.1, 0.15) is 15.9 Å². The van der Waals surface area contributed by atoms with Gasteiger partial charge in [-0.3, -0.25) is 4.79 Å². The Morgan fingerprint density at radius 1 is 1.00 bits per heavy atom. The zero-order valence-electron chi connectivity index (χ0n) is 12.5. The number of rotatable bonds is 4. The normalized spacial score (nSPS) is 10.3. The van der Waals surface area contributed by atoms with Crippen molar-refractivity contribution in [1.29, 1.82) is 0 Å². The molecule has 0 bridgehead atoms. The van der Waals surface area contributed by atoms with Crippen molar-refractivity contribution in [2.24, 2.45) is 0 Å². The van der Waals surface area contributed by atoms with E-state index in [1.807, 2.05) is 74.6 Å². The van der Waals surface area contributed by atoms with Gasteiger partial charge in [-0.2, -0.15) is 0 Å². The monoisotopic (exact) mass is 346 g/mol. The lowest BCUT2D eigenvalue weighted by Gasteiger charge is -2.19. The predicted octanol–water partition coefficient (Wildman–Crippen LogP) is 3.79. The van der Waals surface area contributed by atoms with Crippen molar-refractivity contribution < 1.29 is 4.79 Å². The second-order valence-corrected chi connectivity index (χ2v) is 6.05. The highest BCUT2D eigenvalue weighted by Gasteiger charge is 2.13. The Bertz CT molecular complexity index is 623. The Morgan fingerprint density at radius 3 is 2.19 bits per heavy atom. The largest absolute Gasteiger partial charge is 0.378 e. The molecule has 3 nitrogen and oxygen atoms in total. The molecule has 0 heterocycles. The Hall–Kier alpha value is -1.81. The van der Waals surface area contributed by atoms with Crippen molar-refractivity contribution in [2.45, 2.75) is 6.54 Å². The zero-order chi connectivity index (χ0) is 15.4. The molecule has 0 fully saturated rings. The summed E-state index contributed by atoms with van der Waals surface area (Å²) in [6.45, 7) is 0.579. The molecule has 0 aliphatic heterocycles. The topological polar surface area (TPSA) is 23.6 Å². The Kier molecular flexibility index (Phi) is 5.02. The van der Waals surface area contributed by atoms with E-state index in [1.165, 1.54) is 0 Å². The molecule has 4 heteroatoms. The van der Waals surface area contributed by atoms with Crippen LogP contribution < -0.4 is 4.90 Å². The second kappa shape index (κ2) is 6.76. The van der Waals surface area contributed by atoms with Crippen LogP contribution in [-0.2, 0) is 6.54 Å². The standard InChI is InChI=1S/C17H19BrN2O/c1-19(2)15-10-8-13(9-11-15)17(21)20(3)12-14-6-4-5-7-16(14)18/h4-11H,12H2,1-3H3. The van der Waals surface area contributed by atoms with Gasteiger partial charge in [-0.1, -0.05) is 34.1 Å². The lowest BCUT2D eigenvalue weighted by molar-refractivity contribution is 0.0785. The van der Waals surface area contributed by atoms with Gasteiger partial charge >= 0.3 is 0 Å². The molecule has 0 aliphatic rings. The molecule has 2 rings (SSSR count). The number of nitrogens with zero attached hydrogens (tertiary/aromatic N) is 2. The van der Waals surface area contributed by atoms with Crippen LogP contribution in [-0.4, -0.2) is 32.0 Å². The van der Waals surface area contributed by atoms with Gasteiger partial charge in [-0.05, 0) is 35.9 Å². The quantitative estimate of drug-likeness (QED) is 0.840. The van der Waals surface area contributed by atoms with E-state index >= 15 is 0 Å². The van der Waals surface area contributed by atoms with Crippen LogP contribution in [0.2, 0.25) is 0 Å². The van der Waals surface area contributed by atoms with E-state index in [-0.39, 0.29) is 5.91 Å². The lowest BCUT2D eigenvalue weighted by atomic mass is 10.1. The average Bonchev–Trinajstić information content (AvgIpc) is 2.49. The molecular weight excluding hydrogens is 328 g/mol. The van der Waals surface area contributed by atoms with Gasteiger partial charge in [0.15, 0.2) is 0 Å². The fourth-order valence-electron chi connectivity index (χ4n) is 2.08. The molecule has 0 saturated heterocycles. The third kappa shape index (κ3) is 3.85. The third-order valence-electron chi connectivity index (χ3n) is 3.34. The first-order chi connectivity index (χ1) is 9.99. The molecule has 1 amide bonds. The first kappa shape index (κ1) is 15.6. The van der Waals surface area contributed by atoms with E-state index < -0.39 is 0 Å². The highest BCUT2D eigenvalue weighted by Crippen LogP contribution is 2.19. The molecule has 0 aromatic heterocycles. The summed E-state index contributed by atoms with van der Waals surface area (Å²) in [5.41, 5.74) is 2.88. The predicted molar refractivity (Wildman–Crippen MR) is 90.7 cm³/mol. The highest BCUT2D eigenvalue weighted by atomic mass is 79.9. The number of anilines is 1. The van der Waals surface area contributed by atoms with Gasteiger partial charge in [0, 0.05) is 43.4 Å². The van der Waals surface area contributed by atoms with Gasteiger partial charge in [0.05, 0.1) is 0 Å². The molecule has 2 aromatic carbocycles. The number of benzene rings is 2.